The summed E-state index contributed by atoms with van der Waals surface area (Å²) in [7, 11) is 3.97. The molecule has 0 unspecified atom stereocenters. The van der Waals surface area contributed by atoms with Crippen molar-refractivity contribution in [3.05, 3.63) is 69.7 Å². The molecule has 4 rings (SSSR count). The Kier molecular flexibility index (Phi) is 5.56. The molecule has 1 aliphatic heterocycles. The molecule has 0 amide bonds. The Morgan fingerprint density at radius 3 is 2.58 bits per heavy atom. The summed E-state index contributed by atoms with van der Waals surface area (Å²) in [5, 5.41) is 3.90. The van der Waals surface area contributed by atoms with Gasteiger partial charge in [-0.3, -0.25) is 9.59 Å². The number of thioether (sulfide) groups is 1. The number of anilines is 2. The van der Waals surface area contributed by atoms with Crippen molar-refractivity contribution in [1.29, 1.82) is 0 Å². The molecule has 1 aromatic carbocycles. The molecule has 6 nitrogen and oxygen atoms in total. The van der Waals surface area contributed by atoms with Crippen LogP contribution >= 0.6 is 11.8 Å². The first-order chi connectivity index (χ1) is 14.7. The number of aromatic nitrogens is 2. The fraction of sp³-hybridized carbons (Fsp3) is 0.375. The number of carbonyl (C=O) groups excluding carboxylic acids is 1. The lowest BCUT2D eigenvalue weighted by Crippen LogP contribution is -2.37. The lowest BCUT2D eigenvalue weighted by Gasteiger charge is -2.38. The van der Waals surface area contributed by atoms with Gasteiger partial charge < -0.3 is 15.2 Å². The minimum Gasteiger partial charge on any atom is -0.378 e. The minimum absolute atomic E-state index is 0.0931. The average molecular weight is 437 g/mol. The predicted molar refractivity (Wildman–Crippen MR) is 127 cm³/mol. The SMILES string of the molecule is C=CCSc1nc2c(c(=O)[nH]1)[C@H](c1ccc(N(C)C)cc1)C1=C(CC(C)(C)CC1=O)N2. The fourth-order valence-electron chi connectivity index (χ4n) is 4.40. The predicted octanol–water partition coefficient (Wildman–Crippen LogP) is 4.31. The minimum atomic E-state index is -0.430. The van der Waals surface area contributed by atoms with Crippen LogP contribution in [0.3, 0.4) is 0 Å². The van der Waals surface area contributed by atoms with E-state index in [-0.39, 0.29) is 16.8 Å². The number of fused-ring (bicyclic) bond motifs is 1. The first-order valence-electron chi connectivity index (χ1n) is 10.4. The van der Waals surface area contributed by atoms with E-state index in [0.717, 1.165) is 23.4 Å². The van der Waals surface area contributed by atoms with Crippen molar-refractivity contribution in [2.75, 3.05) is 30.1 Å². The first-order valence-corrected chi connectivity index (χ1v) is 11.4. The summed E-state index contributed by atoms with van der Waals surface area (Å²) < 4.78 is 0. The summed E-state index contributed by atoms with van der Waals surface area (Å²) in [6.45, 7) is 7.93. The Morgan fingerprint density at radius 1 is 1.23 bits per heavy atom. The summed E-state index contributed by atoms with van der Waals surface area (Å²) in [6.07, 6.45) is 2.98. The van der Waals surface area contributed by atoms with Gasteiger partial charge in [-0.25, -0.2) is 4.98 Å². The van der Waals surface area contributed by atoms with Gasteiger partial charge in [0.25, 0.3) is 5.56 Å². The van der Waals surface area contributed by atoms with Crippen LogP contribution in [-0.4, -0.2) is 35.6 Å². The maximum Gasteiger partial charge on any atom is 0.257 e. The molecule has 1 atom stereocenters. The summed E-state index contributed by atoms with van der Waals surface area (Å²) >= 11 is 1.43. The molecule has 162 valence electrons. The average Bonchev–Trinajstić information content (AvgIpc) is 2.69. The fourth-order valence-corrected chi connectivity index (χ4v) is 4.99. The summed E-state index contributed by atoms with van der Waals surface area (Å²) in [6, 6.07) is 8.05. The lowest BCUT2D eigenvalue weighted by molar-refractivity contribution is -0.118. The van der Waals surface area contributed by atoms with Crippen molar-refractivity contribution in [2.45, 2.75) is 37.8 Å². The van der Waals surface area contributed by atoms with Gasteiger partial charge in [0.05, 0.1) is 5.56 Å². The lowest BCUT2D eigenvalue weighted by atomic mass is 9.69. The maximum atomic E-state index is 13.3. The summed E-state index contributed by atoms with van der Waals surface area (Å²) in [5.41, 5.74) is 3.72. The van der Waals surface area contributed by atoms with Gasteiger partial charge in [0.2, 0.25) is 0 Å². The first kappa shape index (κ1) is 21.4. The molecule has 0 fully saturated rings. The topological polar surface area (TPSA) is 78.1 Å². The Bertz CT molecular complexity index is 1130. The molecule has 1 aliphatic carbocycles. The normalized spacial score (nSPS) is 19.4. The maximum absolute atomic E-state index is 13.3. The van der Waals surface area contributed by atoms with Crippen LogP contribution in [0.4, 0.5) is 11.5 Å². The van der Waals surface area contributed by atoms with E-state index in [1.807, 2.05) is 43.3 Å². The molecule has 7 heteroatoms. The van der Waals surface area contributed by atoms with E-state index in [1.54, 1.807) is 6.08 Å². The summed E-state index contributed by atoms with van der Waals surface area (Å²) in [4.78, 5) is 36.1. The van der Waals surface area contributed by atoms with Crippen LogP contribution < -0.4 is 15.8 Å². The van der Waals surface area contributed by atoms with Gasteiger partial charge in [-0.15, -0.1) is 6.58 Å². The van der Waals surface area contributed by atoms with Gasteiger partial charge in [-0.2, -0.15) is 0 Å². The zero-order valence-corrected chi connectivity index (χ0v) is 19.2. The molecule has 0 saturated heterocycles. The Hall–Kier alpha value is -2.80. The zero-order chi connectivity index (χ0) is 22.3. The number of aromatic amines is 1. The van der Waals surface area contributed by atoms with E-state index in [0.29, 0.717) is 34.3 Å². The highest BCUT2D eigenvalue weighted by Crippen LogP contribution is 2.47. The van der Waals surface area contributed by atoms with Crippen LogP contribution in [-0.2, 0) is 4.79 Å². The van der Waals surface area contributed by atoms with Crippen molar-refractivity contribution in [3.63, 3.8) is 0 Å². The highest BCUT2D eigenvalue weighted by Gasteiger charge is 2.42. The molecule has 0 saturated carbocycles. The van der Waals surface area contributed by atoms with Crippen molar-refractivity contribution in [3.8, 4) is 0 Å². The van der Waals surface area contributed by atoms with Crippen molar-refractivity contribution >= 4 is 29.1 Å². The van der Waals surface area contributed by atoms with E-state index in [4.69, 9.17) is 4.98 Å². The second kappa shape index (κ2) is 8.04. The molecule has 2 aromatic rings. The molecule has 2 aliphatic rings. The summed E-state index contributed by atoms with van der Waals surface area (Å²) in [5.74, 6) is 0.856. The molecular formula is C24H28N4O2S. The second-order valence-electron chi connectivity index (χ2n) is 9.11. The molecule has 31 heavy (non-hydrogen) atoms. The van der Waals surface area contributed by atoms with Crippen molar-refractivity contribution in [1.82, 2.24) is 9.97 Å². The number of rotatable bonds is 5. The third-order valence-corrected chi connectivity index (χ3v) is 6.65. The van der Waals surface area contributed by atoms with Crippen LogP contribution in [0, 0.1) is 5.41 Å². The Morgan fingerprint density at radius 2 is 1.94 bits per heavy atom. The standard InChI is InChI=1S/C24H28N4O2S/c1-6-11-31-23-26-21-20(22(30)27-23)18(14-7-9-15(10-8-14)28(4)5)19-16(25-21)12-24(2,3)13-17(19)29/h6-10,18H,1,11-13H2,2-5H3,(H2,25,26,27,30)/t18-/m1/s1. The van der Waals surface area contributed by atoms with Gasteiger partial charge in [0.15, 0.2) is 10.9 Å². The van der Waals surface area contributed by atoms with Crippen LogP contribution in [0.5, 0.6) is 0 Å². The van der Waals surface area contributed by atoms with E-state index in [9.17, 15) is 9.59 Å². The largest absolute Gasteiger partial charge is 0.378 e. The highest BCUT2D eigenvalue weighted by molar-refractivity contribution is 7.99. The number of hydrogen-bond donors (Lipinski definition) is 2. The number of nitrogens with zero attached hydrogens (tertiary/aromatic N) is 2. The molecule has 2 N–H and O–H groups in total. The van der Waals surface area contributed by atoms with E-state index in [1.165, 1.54) is 11.8 Å². The zero-order valence-electron chi connectivity index (χ0n) is 18.4. The van der Waals surface area contributed by atoms with Gasteiger partial charge in [0.1, 0.15) is 5.82 Å². The van der Waals surface area contributed by atoms with Crippen molar-refractivity contribution < 1.29 is 4.79 Å². The van der Waals surface area contributed by atoms with E-state index >= 15 is 0 Å². The molecule has 2 heterocycles. The van der Waals surface area contributed by atoms with Gasteiger partial charge in [-0.1, -0.05) is 43.8 Å². The highest BCUT2D eigenvalue weighted by atomic mass is 32.2. The van der Waals surface area contributed by atoms with E-state index in [2.05, 4.69) is 30.7 Å². The molecule has 0 bridgehead atoms. The van der Waals surface area contributed by atoms with Crippen LogP contribution in [0.1, 0.15) is 43.7 Å². The number of Topliss-reactive ketones (excluding diaryl/α,β-unsaturated/α-hetero) is 1. The number of carbonyl (C=O) groups is 1. The van der Waals surface area contributed by atoms with Crippen LogP contribution in [0.25, 0.3) is 0 Å². The van der Waals surface area contributed by atoms with Gasteiger partial charge >= 0.3 is 0 Å². The van der Waals surface area contributed by atoms with Gasteiger partial charge in [-0.05, 0) is 29.5 Å². The third-order valence-electron chi connectivity index (χ3n) is 5.78. The number of benzene rings is 1. The van der Waals surface area contributed by atoms with Crippen LogP contribution in [0.15, 0.2) is 58.1 Å². The van der Waals surface area contributed by atoms with Crippen molar-refractivity contribution in [2.24, 2.45) is 5.41 Å². The monoisotopic (exact) mass is 436 g/mol. The smallest absolute Gasteiger partial charge is 0.257 e. The number of H-pyrrole nitrogens is 1. The molecule has 0 radical (unpaired) electrons. The number of hydrogen-bond acceptors (Lipinski definition) is 6. The van der Waals surface area contributed by atoms with E-state index < -0.39 is 5.92 Å². The quantitative estimate of drug-likeness (QED) is 0.413. The Balaban J connectivity index is 1.89. The number of ketones is 1. The second-order valence-corrected chi connectivity index (χ2v) is 10.1. The number of allylic oxidation sites excluding steroid dienone is 2. The third kappa shape index (κ3) is 4.06. The van der Waals surface area contributed by atoms with Crippen LogP contribution in [0.2, 0.25) is 0 Å². The molecule has 1 aromatic heterocycles. The Labute approximate surface area is 186 Å². The van der Waals surface area contributed by atoms with Gasteiger partial charge in [0, 0.05) is 49.1 Å². The molecule has 0 spiro atoms. The molecular weight excluding hydrogens is 408 g/mol. The number of nitrogens with one attached hydrogen (secondary N) is 2.